The molecular formula is C40H49N7O6. The number of nitrogens with two attached hydrogens (primary N) is 1. The van der Waals surface area contributed by atoms with Crippen molar-refractivity contribution >= 4 is 40.5 Å². The van der Waals surface area contributed by atoms with E-state index in [-0.39, 0.29) is 30.2 Å². The SMILES string of the molecule is Cc1nc(C(=O)NC2CCC2)ccc1-c1ccc(C[C@H](N)C(=O)N(c2ccc3[nH]c(=O)[nH]c3c2)C(=O)[C@H]2CC[C@H](CNC(=O)OC(C)(C)C)CC2)cc1. The number of aromatic nitrogens is 3. The van der Waals surface area contributed by atoms with Crippen molar-refractivity contribution in [3.8, 4) is 11.1 Å². The average molecular weight is 724 g/mol. The monoisotopic (exact) mass is 723 g/mol. The van der Waals surface area contributed by atoms with Gasteiger partial charge in [0.15, 0.2) is 0 Å². The third-order valence-electron chi connectivity index (χ3n) is 10.1. The van der Waals surface area contributed by atoms with Crippen LogP contribution < -0.4 is 27.0 Å². The molecule has 0 radical (unpaired) electrons. The molecular weight excluding hydrogens is 674 g/mol. The van der Waals surface area contributed by atoms with Crippen LogP contribution in [0.5, 0.6) is 0 Å². The van der Waals surface area contributed by atoms with Crippen LogP contribution in [0, 0.1) is 18.8 Å². The maximum absolute atomic E-state index is 14.2. The van der Waals surface area contributed by atoms with Crippen LogP contribution >= 0.6 is 0 Å². The molecule has 2 saturated carbocycles. The molecule has 0 aliphatic heterocycles. The van der Waals surface area contributed by atoms with Gasteiger partial charge < -0.3 is 31.1 Å². The number of fused-ring (bicyclic) bond motifs is 1. The Bertz CT molecular complexity index is 2030. The van der Waals surface area contributed by atoms with E-state index in [2.05, 4.69) is 25.6 Å². The minimum Gasteiger partial charge on any atom is -0.444 e. The first-order chi connectivity index (χ1) is 25.2. The topological polar surface area (TPSA) is 192 Å². The molecule has 2 aromatic carbocycles. The van der Waals surface area contributed by atoms with E-state index in [0.717, 1.165) is 41.6 Å². The van der Waals surface area contributed by atoms with Crippen LogP contribution in [0.1, 0.15) is 87.5 Å². The lowest BCUT2D eigenvalue weighted by Crippen LogP contribution is -2.50. The number of carbonyl (C=O) groups is 4. The number of nitrogens with one attached hydrogen (secondary N) is 4. The molecule has 1 atom stereocenters. The molecule has 280 valence electrons. The third kappa shape index (κ3) is 9.20. The van der Waals surface area contributed by atoms with Gasteiger partial charge in [-0.1, -0.05) is 30.3 Å². The minimum atomic E-state index is -1.03. The van der Waals surface area contributed by atoms with Crippen molar-refractivity contribution in [2.75, 3.05) is 11.4 Å². The van der Waals surface area contributed by atoms with Crippen LogP contribution in [0.2, 0.25) is 0 Å². The van der Waals surface area contributed by atoms with Gasteiger partial charge in [-0.2, -0.15) is 0 Å². The highest BCUT2D eigenvalue weighted by molar-refractivity contribution is 6.17. The predicted molar refractivity (Wildman–Crippen MR) is 202 cm³/mol. The summed E-state index contributed by atoms with van der Waals surface area (Å²) in [5.41, 5.74) is 10.7. The van der Waals surface area contributed by atoms with Crippen LogP contribution in [0.15, 0.2) is 59.4 Å². The normalized spacial score (nSPS) is 18.1. The van der Waals surface area contributed by atoms with Gasteiger partial charge >= 0.3 is 11.8 Å². The molecule has 4 aromatic rings. The summed E-state index contributed by atoms with van der Waals surface area (Å²) in [6.07, 6.45) is 5.34. The number of ether oxygens (including phenoxy) is 1. The Hall–Kier alpha value is -5.30. The van der Waals surface area contributed by atoms with Gasteiger partial charge in [0.05, 0.1) is 22.8 Å². The molecule has 13 heteroatoms. The molecule has 0 unspecified atom stereocenters. The Morgan fingerprint density at radius 1 is 0.943 bits per heavy atom. The molecule has 6 rings (SSSR count). The van der Waals surface area contributed by atoms with E-state index in [9.17, 15) is 24.0 Å². The van der Waals surface area contributed by atoms with Crippen LogP contribution in [-0.2, 0) is 20.7 Å². The molecule has 0 saturated heterocycles. The number of imidazole rings is 1. The highest BCUT2D eigenvalue weighted by Crippen LogP contribution is 2.32. The van der Waals surface area contributed by atoms with Crippen molar-refractivity contribution in [3.05, 3.63) is 82.0 Å². The van der Waals surface area contributed by atoms with E-state index in [1.807, 2.05) is 58.0 Å². The molecule has 2 heterocycles. The molecule has 4 amide bonds. The summed E-state index contributed by atoms with van der Waals surface area (Å²) < 4.78 is 5.35. The Morgan fingerprint density at radius 2 is 1.64 bits per heavy atom. The number of nitrogens with zero attached hydrogens (tertiary/aromatic N) is 2. The van der Waals surface area contributed by atoms with E-state index in [0.29, 0.717) is 54.6 Å². The number of benzene rings is 2. The van der Waals surface area contributed by atoms with Crippen LogP contribution in [-0.4, -0.2) is 63.0 Å². The first kappa shape index (κ1) is 37.5. The van der Waals surface area contributed by atoms with Crippen molar-refractivity contribution in [3.63, 3.8) is 0 Å². The third-order valence-corrected chi connectivity index (χ3v) is 10.1. The summed E-state index contributed by atoms with van der Waals surface area (Å²) in [5, 5.41) is 5.86. The number of aromatic amines is 2. The fourth-order valence-corrected chi connectivity index (χ4v) is 6.99. The van der Waals surface area contributed by atoms with E-state index in [1.54, 1.807) is 24.3 Å². The highest BCUT2D eigenvalue weighted by Gasteiger charge is 2.36. The Balaban J connectivity index is 1.13. The molecule has 2 fully saturated rings. The molecule has 53 heavy (non-hydrogen) atoms. The molecule has 2 aliphatic carbocycles. The Morgan fingerprint density at radius 3 is 2.28 bits per heavy atom. The lowest BCUT2D eigenvalue weighted by Gasteiger charge is -2.32. The maximum atomic E-state index is 14.2. The lowest BCUT2D eigenvalue weighted by molar-refractivity contribution is -0.130. The number of hydrogen-bond donors (Lipinski definition) is 5. The molecule has 6 N–H and O–H groups in total. The van der Waals surface area contributed by atoms with Crippen molar-refractivity contribution in [2.45, 2.75) is 96.7 Å². The van der Waals surface area contributed by atoms with Crippen LogP contribution in [0.3, 0.4) is 0 Å². The van der Waals surface area contributed by atoms with Gasteiger partial charge in [0.2, 0.25) is 5.91 Å². The quantitative estimate of drug-likeness (QED) is 0.146. The number of pyridine rings is 1. The van der Waals surface area contributed by atoms with Gasteiger partial charge in [0, 0.05) is 29.8 Å². The standard InChI is InChI=1S/C40H49N7O6/c1-23-30(17-19-33(43-23)35(48)44-28-6-5-7-28)26-12-8-24(9-13-26)20-31(41)37(50)47(29-16-18-32-34(21-29)46-38(51)45-32)36(49)27-14-10-25(11-15-27)22-42-39(52)53-40(2,3)4/h8-9,12-13,16-19,21,25,27-28,31H,5-7,10-11,14-15,20,22,41H2,1-4H3,(H,42,52)(H,44,48)(H2,45,46,51)/t25-,27-,31-/m0/s1. The number of hydrogen-bond acceptors (Lipinski definition) is 8. The fraction of sp³-hybridized carbons (Fsp3) is 0.450. The molecule has 0 spiro atoms. The summed E-state index contributed by atoms with van der Waals surface area (Å²) >= 11 is 0. The van der Waals surface area contributed by atoms with Crippen LogP contribution in [0.25, 0.3) is 22.2 Å². The van der Waals surface area contributed by atoms with Gasteiger partial charge in [-0.3, -0.25) is 14.4 Å². The number of alkyl carbamates (subject to hydrolysis) is 1. The second kappa shape index (κ2) is 15.7. The van der Waals surface area contributed by atoms with Crippen molar-refractivity contribution in [1.82, 2.24) is 25.6 Å². The second-order valence-electron chi connectivity index (χ2n) is 15.4. The number of amides is 4. The van der Waals surface area contributed by atoms with Gasteiger partial charge in [0.25, 0.3) is 11.8 Å². The number of carbonyl (C=O) groups excluding carboxylic acids is 4. The summed E-state index contributed by atoms with van der Waals surface area (Å²) in [4.78, 5) is 76.2. The number of imide groups is 1. The fourth-order valence-electron chi connectivity index (χ4n) is 6.99. The van der Waals surface area contributed by atoms with E-state index >= 15 is 0 Å². The first-order valence-electron chi connectivity index (χ1n) is 18.4. The molecule has 2 aliphatic rings. The average Bonchev–Trinajstić information content (AvgIpc) is 3.48. The zero-order valence-corrected chi connectivity index (χ0v) is 30.8. The number of H-pyrrole nitrogens is 2. The number of rotatable bonds is 10. The van der Waals surface area contributed by atoms with Gasteiger partial charge in [-0.15, -0.1) is 0 Å². The van der Waals surface area contributed by atoms with Crippen molar-refractivity contribution < 1.29 is 23.9 Å². The van der Waals surface area contributed by atoms with Crippen molar-refractivity contribution in [1.29, 1.82) is 0 Å². The van der Waals surface area contributed by atoms with E-state index in [1.165, 1.54) is 4.90 Å². The van der Waals surface area contributed by atoms with Gasteiger partial charge in [0.1, 0.15) is 11.3 Å². The van der Waals surface area contributed by atoms with Crippen LogP contribution in [0.4, 0.5) is 10.5 Å². The second-order valence-corrected chi connectivity index (χ2v) is 15.4. The van der Waals surface area contributed by atoms with Gasteiger partial charge in [-0.05, 0) is 120 Å². The summed E-state index contributed by atoms with van der Waals surface area (Å²) in [6, 6.07) is 15.4. The Labute approximate surface area is 308 Å². The number of anilines is 1. The number of aryl methyl sites for hydroxylation is 1. The van der Waals surface area contributed by atoms with Gasteiger partial charge in [-0.25, -0.2) is 19.5 Å². The molecule has 0 bridgehead atoms. The summed E-state index contributed by atoms with van der Waals surface area (Å²) in [7, 11) is 0. The summed E-state index contributed by atoms with van der Waals surface area (Å²) in [5.74, 6) is -1.29. The van der Waals surface area contributed by atoms with E-state index in [4.69, 9.17) is 10.5 Å². The Kier molecular flexibility index (Phi) is 11.1. The zero-order chi connectivity index (χ0) is 37.9. The molecule has 2 aromatic heterocycles. The predicted octanol–water partition coefficient (Wildman–Crippen LogP) is 5.27. The highest BCUT2D eigenvalue weighted by atomic mass is 16.6. The van der Waals surface area contributed by atoms with Crippen molar-refractivity contribution in [2.24, 2.45) is 17.6 Å². The smallest absolute Gasteiger partial charge is 0.407 e. The minimum absolute atomic E-state index is 0.160. The zero-order valence-electron chi connectivity index (χ0n) is 30.8. The molecule has 13 nitrogen and oxygen atoms in total. The summed E-state index contributed by atoms with van der Waals surface area (Å²) in [6.45, 7) is 7.74. The first-order valence-corrected chi connectivity index (χ1v) is 18.4. The lowest BCUT2D eigenvalue weighted by atomic mass is 9.81. The van der Waals surface area contributed by atoms with E-state index < -0.39 is 35.3 Å². The largest absolute Gasteiger partial charge is 0.444 e. The maximum Gasteiger partial charge on any atom is 0.407 e.